The van der Waals surface area contributed by atoms with Crippen molar-refractivity contribution >= 4 is 5.95 Å². The number of anilines is 1. The summed E-state index contributed by atoms with van der Waals surface area (Å²) in [4.78, 5) is 8.12. The predicted octanol–water partition coefficient (Wildman–Crippen LogP) is 2.41. The number of hydrogen-bond donors (Lipinski definition) is 1. The first kappa shape index (κ1) is 12.0. The van der Waals surface area contributed by atoms with E-state index in [0.29, 0.717) is 22.9 Å². The minimum absolute atomic E-state index is 0.279. The number of aromatic nitrogens is 2. The standard InChI is InChI=1S/C13H11FN4/c1-9-6-11(7-15)18-13(17-9)16-8-10-4-2-3-5-12(10)14/h2-6H,8H2,1H3,(H,16,17,18). The lowest BCUT2D eigenvalue weighted by Gasteiger charge is -2.06. The van der Waals surface area contributed by atoms with E-state index in [1.54, 1.807) is 31.2 Å². The van der Waals surface area contributed by atoms with Crippen molar-refractivity contribution in [2.75, 3.05) is 5.32 Å². The van der Waals surface area contributed by atoms with Crippen LogP contribution in [0.4, 0.5) is 10.3 Å². The second-order valence-corrected chi connectivity index (χ2v) is 3.77. The van der Waals surface area contributed by atoms with Crippen LogP contribution >= 0.6 is 0 Å². The molecule has 5 heteroatoms. The molecule has 1 aromatic heterocycles. The summed E-state index contributed by atoms with van der Waals surface area (Å²) in [5.41, 5.74) is 1.51. The van der Waals surface area contributed by atoms with E-state index in [4.69, 9.17) is 5.26 Å². The van der Waals surface area contributed by atoms with Crippen LogP contribution in [0.3, 0.4) is 0 Å². The highest BCUT2D eigenvalue weighted by atomic mass is 19.1. The summed E-state index contributed by atoms with van der Waals surface area (Å²) < 4.78 is 13.4. The SMILES string of the molecule is Cc1cc(C#N)nc(NCc2ccccc2F)n1. The van der Waals surface area contributed by atoms with Gasteiger partial charge in [0.2, 0.25) is 5.95 Å². The van der Waals surface area contributed by atoms with Crippen LogP contribution in [-0.4, -0.2) is 9.97 Å². The van der Waals surface area contributed by atoms with E-state index in [1.165, 1.54) is 6.07 Å². The molecule has 0 aliphatic carbocycles. The molecular formula is C13H11FN4. The fraction of sp³-hybridized carbons (Fsp3) is 0.154. The molecule has 90 valence electrons. The number of nitriles is 1. The molecule has 2 aromatic rings. The van der Waals surface area contributed by atoms with Crippen molar-refractivity contribution in [2.24, 2.45) is 0 Å². The van der Waals surface area contributed by atoms with Gasteiger partial charge in [-0.05, 0) is 19.1 Å². The van der Waals surface area contributed by atoms with Crippen molar-refractivity contribution in [3.8, 4) is 6.07 Å². The molecule has 0 radical (unpaired) electrons. The van der Waals surface area contributed by atoms with Gasteiger partial charge in [-0.25, -0.2) is 14.4 Å². The summed E-state index contributed by atoms with van der Waals surface area (Å²) in [6.45, 7) is 2.05. The van der Waals surface area contributed by atoms with Gasteiger partial charge in [0.1, 0.15) is 17.6 Å². The molecule has 0 bridgehead atoms. The third-order valence-electron chi connectivity index (χ3n) is 2.36. The Morgan fingerprint density at radius 3 is 2.83 bits per heavy atom. The second-order valence-electron chi connectivity index (χ2n) is 3.77. The molecular weight excluding hydrogens is 231 g/mol. The lowest BCUT2D eigenvalue weighted by Crippen LogP contribution is -2.06. The molecule has 1 N–H and O–H groups in total. The summed E-state index contributed by atoms with van der Waals surface area (Å²) in [6, 6.07) is 10.0. The van der Waals surface area contributed by atoms with E-state index < -0.39 is 0 Å². The predicted molar refractivity (Wildman–Crippen MR) is 65.2 cm³/mol. The Kier molecular flexibility index (Phi) is 3.49. The Morgan fingerprint density at radius 1 is 1.33 bits per heavy atom. The largest absolute Gasteiger partial charge is 0.350 e. The Morgan fingerprint density at radius 2 is 2.11 bits per heavy atom. The fourth-order valence-electron chi connectivity index (χ4n) is 1.52. The van der Waals surface area contributed by atoms with Crippen LogP contribution in [0.2, 0.25) is 0 Å². The van der Waals surface area contributed by atoms with Crippen LogP contribution in [0.1, 0.15) is 17.0 Å². The molecule has 0 atom stereocenters. The molecule has 0 aliphatic heterocycles. The van der Waals surface area contributed by atoms with E-state index in [-0.39, 0.29) is 12.4 Å². The molecule has 4 nitrogen and oxygen atoms in total. The molecule has 0 unspecified atom stereocenters. The Hall–Kier alpha value is -2.48. The normalized spacial score (nSPS) is 9.83. The number of nitrogens with one attached hydrogen (secondary N) is 1. The highest BCUT2D eigenvalue weighted by Gasteiger charge is 2.04. The number of nitrogens with zero attached hydrogens (tertiary/aromatic N) is 3. The molecule has 1 heterocycles. The molecule has 0 spiro atoms. The molecule has 0 saturated carbocycles. The quantitative estimate of drug-likeness (QED) is 0.897. The van der Waals surface area contributed by atoms with Crippen LogP contribution in [0.15, 0.2) is 30.3 Å². The molecule has 1 aromatic carbocycles. The Balaban J connectivity index is 2.14. The highest BCUT2D eigenvalue weighted by Crippen LogP contribution is 2.09. The van der Waals surface area contributed by atoms with Gasteiger partial charge in [0.05, 0.1) is 0 Å². The van der Waals surface area contributed by atoms with Gasteiger partial charge in [-0.3, -0.25) is 0 Å². The molecule has 0 saturated heterocycles. The van der Waals surface area contributed by atoms with Crippen molar-refractivity contribution in [3.05, 3.63) is 53.1 Å². The van der Waals surface area contributed by atoms with Crippen LogP contribution in [0.25, 0.3) is 0 Å². The maximum Gasteiger partial charge on any atom is 0.224 e. The molecule has 18 heavy (non-hydrogen) atoms. The fourth-order valence-corrected chi connectivity index (χ4v) is 1.52. The Labute approximate surface area is 104 Å². The average molecular weight is 242 g/mol. The maximum atomic E-state index is 13.4. The number of aryl methyl sites for hydroxylation is 1. The minimum Gasteiger partial charge on any atom is -0.350 e. The summed E-state index contributed by atoms with van der Waals surface area (Å²) >= 11 is 0. The van der Waals surface area contributed by atoms with Crippen LogP contribution < -0.4 is 5.32 Å². The first-order chi connectivity index (χ1) is 8.69. The first-order valence-electron chi connectivity index (χ1n) is 5.42. The van der Waals surface area contributed by atoms with Gasteiger partial charge in [0.25, 0.3) is 0 Å². The zero-order valence-electron chi connectivity index (χ0n) is 9.81. The van der Waals surface area contributed by atoms with Gasteiger partial charge in [0, 0.05) is 17.8 Å². The third kappa shape index (κ3) is 2.80. The second kappa shape index (κ2) is 5.23. The maximum absolute atomic E-state index is 13.4. The van der Waals surface area contributed by atoms with Crippen molar-refractivity contribution < 1.29 is 4.39 Å². The molecule has 0 aliphatic rings. The van der Waals surface area contributed by atoms with Crippen molar-refractivity contribution in [1.29, 1.82) is 5.26 Å². The summed E-state index contributed by atoms with van der Waals surface area (Å²) in [7, 11) is 0. The number of rotatable bonds is 3. The van der Waals surface area contributed by atoms with E-state index in [0.717, 1.165) is 0 Å². The summed E-state index contributed by atoms with van der Waals surface area (Å²) in [6.07, 6.45) is 0. The van der Waals surface area contributed by atoms with Crippen LogP contribution in [0, 0.1) is 24.1 Å². The van der Waals surface area contributed by atoms with Gasteiger partial charge in [-0.2, -0.15) is 5.26 Å². The third-order valence-corrected chi connectivity index (χ3v) is 2.36. The van der Waals surface area contributed by atoms with Gasteiger partial charge in [-0.1, -0.05) is 18.2 Å². The molecule has 2 rings (SSSR count). The van der Waals surface area contributed by atoms with Crippen molar-refractivity contribution in [2.45, 2.75) is 13.5 Å². The summed E-state index contributed by atoms with van der Waals surface area (Å²) in [5, 5.41) is 11.7. The average Bonchev–Trinajstić information content (AvgIpc) is 2.37. The lowest BCUT2D eigenvalue weighted by atomic mass is 10.2. The van der Waals surface area contributed by atoms with E-state index in [9.17, 15) is 4.39 Å². The number of hydrogen-bond acceptors (Lipinski definition) is 4. The van der Waals surface area contributed by atoms with Gasteiger partial charge < -0.3 is 5.32 Å². The van der Waals surface area contributed by atoms with Gasteiger partial charge in [0.15, 0.2) is 0 Å². The monoisotopic (exact) mass is 242 g/mol. The topological polar surface area (TPSA) is 61.6 Å². The molecule has 0 fully saturated rings. The van der Waals surface area contributed by atoms with Crippen LogP contribution in [-0.2, 0) is 6.54 Å². The molecule has 0 amide bonds. The van der Waals surface area contributed by atoms with E-state index in [2.05, 4.69) is 15.3 Å². The smallest absolute Gasteiger partial charge is 0.224 e. The number of halogens is 1. The summed E-state index contributed by atoms with van der Waals surface area (Å²) in [5.74, 6) is 0.0490. The lowest BCUT2D eigenvalue weighted by molar-refractivity contribution is 0.612. The van der Waals surface area contributed by atoms with Crippen molar-refractivity contribution in [3.63, 3.8) is 0 Å². The Bertz CT molecular complexity index is 604. The highest BCUT2D eigenvalue weighted by molar-refractivity contribution is 5.34. The zero-order valence-corrected chi connectivity index (χ0v) is 9.81. The van der Waals surface area contributed by atoms with Crippen LogP contribution in [0.5, 0.6) is 0 Å². The van der Waals surface area contributed by atoms with E-state index in [1.807, 2.05) is 6.07 Å². The first-order valence-corrected chi connectivity index (χ1v) is 5.42. The van der Waals surface area contributed by atoms with E-state index >= 15 is 0 Å². The van der Waals surface area contributed by atoms with Gasteiger partial charge in [-0.15, -0.1) is 0 Å². The number of benzene rings is 1. The zero-order chi connectivity index (χ0) is 13.0. The van der Waals surface area contributed by atoms with Crippen molar-refractivity contribution in [1.82, 2.24) is 9.97 Å². The minimum atomic E-state index is -0.279. The van der Waals surface area contributed by atoms with Gasteiger partial charge >= 0.3 is 0 Å².